The van der Waals surface area contributed by atoms with Crippen molar-refractivity contribution in [2.45, 2.75) is 31.0 Å². The molecule has 2 unspecified atom stereocenters. The number of nitrogens with one attached hydrogen (secondary N) is 2. The van der Waals surface area contributed by atoms with Crippen LogP contribution in [0.15, 0.2) is 41.4 Å². The Hall–Kier alpha value is -3.44. The third-order valence-corrected chi connectivity index (χ3v) is 5.90. The van der Waals surface area contributed by atoms with E-state index in [1.54, 1.807) is 24.1 Å². The quantitative estimate of drug-likeness (QED) is 0.451. The number of H-pyrrole nitrogens is 2. The van der Waals surface area contributed by atoms with E-state index in [0.717, 1.165) is 18.2 Å². The summed E-state index contributed by atoms with van der Waals surface area (Å²) in [4.78, 5) is 36.4. The van der Waals surface area contributed by atoms with Crippen molar-refractivity contribution in [1.82, 2.24) is 14.9 Å². The Bertz CT molecular complexity index is 1310. The Kier molecular flexibility index (Phi) is 6.32. The lowest BCUT2D eigenvalue weighted by Gasteiger charge is -2.17. The second-order valence-corrected chi connectivity index (χ2v) is 8.33. The number of hydrogen-bond acceptors (Lipinski definition) is 4. The number of rotatable bonds is 5. The van der Waals surface area contributed by atoms with E-state index in [1.807, 2.05) is 0 Å². The maximum Gasteiger partial charge on any atom is 0.416 e. The van der Waals surface area contributed by atoms with Crippen molar-refractivity contribution < 1.29 is 33.0 Å². The van der Waals surface area contributed by atoms with Crippen LogP contribution in [0, 0.1) is 0 Å². The summed E-state index contributed by atoms with van der Waals surface area (Å²) in [6.45, 7) is 0.144. The summed E-state index contributed by atoms with van der Waals surface area (Å²) in [5.41, 5.74) is 1.28. The second kappa shape index (κ2) is 9.07. The lowest BCUT2D eigenvalue weighted by molar-refractivity contribution is -0.137. The first-order valence-corrected chi connectivity index (χ1v) is 10.6. The molecule has 1 aliphatic rings. The third-order valence-electron chi connectivity index (χ3n) is 5.90. The normalized spacial score (nSPS) is 18.2. The minimum atomic E-state index is -4.58. The van der Waals surface area contributed by atoms with Crippen molar-refractivity contribution >= 4 is 22.8 Å². The smallest absolute Gasteiger partial charge is 0.394 e. The van der Waals surface area contributed by atoms with Gasteiger partial charge in [0, 0.05) is 25.6 Å². The second-order valence-electron chi connectivity index (χ2n) is 8.33. The number of carbonyl (C=O) groups is 2. The number of amides is 2. The molecule has 3 aromatic rings. The molecule has 180 valence electrons. The van der Waals surface area contributed by atoms with Crippen LogP contribution in [0.1, 0.15) is 39.4 Å². The number of alkyl halides is 3. The molecule has 2 amide bonds. The zero-order valence-corrected chi connectivity index (χ0v) is 18.2. The molecule has 1 saturated heterocycles. The van der Waals surface area contributed by atoms with Crippen molar-refractivity contribution in [2.75, 3.05) is 20.2 Å². The topological polar surface area (TPSA) is 122 Å². The van der Waals surface area contributed by atoms with Gasteiger partial charge in [-0.3, -0.25) is 9.59 Å². The zero-order chi connectivity index (χ0) is 24.6. The highest BCUT2D eigenvalue weighted by Crippen LogP contribution is 2.33. The number of aromatic nitrogens is 2. The number of fused-ring (bicyclic) bond motifs is 1. The van der Waals surface area contributed by atoms with E-state index in [9.17, 15) is 33.0 Å². The van der Waals surface area contributed by atoms with E-state index in [1.165, 1.54) is 6.07 Å². The Balaban J connectivity index is 1.74. The van der Waals surface area contributed by atoms with E-state index in [2.05, 4.69) is 15.0 Å². The van der Waals surface area contributed by atoms with Crippen LogP contribution in [0.4, 0.5) is 13.2 Å². The first-order valence-electron chi connectivity index (χ1n) is 10.6. The Labute approximate surface area is 191 Å². The van der Waals surface area contributed by atoms with Gasteiger partial charge in [-0.05, 0) is 47.9 Å². The largest absolute Gasteiger partial charge is 0.416 e. The number of imidazole rings is 1. The molecular weight excluding hydrogens is 453 g/mol. The molecule has 2 heterocycles. The summed E-state index contributed by atoms with van der Waals surface area (Å²) in [6, 6.07) is 7.44. The molecule has 2 aromatic carbocycles. The molecule has 11 heteroatoms. The van der Waals surface area contributed by atoms with Crippen molar-refractivity contribution in [1.29, 1.82) is 0 Å². The fourth-order valence-corrected chi connectivity index (χ4v) is 4.14. The van der Waals surface area contributed by atoms with Crippen LogP contribution >= 0.6 is 0 Å². The van der Waals surface area contributed by atoms with E-state index in [0.29, 0.717) is 35.1 Å². The van der Waals surface area contributed by atoms with E-state index >= 15 is 0 Å². The number of likely N-dealkylation sites (tertiary alicyclic amines) is 1. The fourth-order valence-electron chi connectivity index (χ4n) is 4.14. The van der Waals surface area contributed by atoms with Gasteiger partial charge in [0.25, 0.3) is 5.91 Å². The summed E-state index contributed by atoms with van der Waals surface area (Å²) < 4.78 is 38.9. The third kappa shape index (κ3) is 4.75. The average molecular weight is 476 g/mol. The maximum atomic E-state index is 13.0. The van der Waals surface area contributed by atoms with Crippen LogP contribution in [0.5, 0.6) is 0 Å². The minimum Gasteiger partial charge on any atom is -0.394 e. The predicted octanol–water partition coefficient (Wildman–Crippen LogP) is 2.10. The van der Waals surface area contributed by atoms with E-state index < -0.39 is 36.3 Å². The molecule has 0 aliphatic carbocycles. The lowest BCUT2D eigenvalue weighted by atomic mass is 9.90. The first kappa shape index (κ1) is 23.7. The number of hydrogen-bond donors (Lipinski definition) is 4. The van der Waals surface area contributed by atoms with Crippen molar-refractivity contribution in [2.24, 2.45) is 4.99 Å². The highest BCUT2D eigenvalue weighted by atomic mass is 19.4. The standard InChI is InChI=1S/C23H23F3N4O4/c1-30-6-5-16(21(30)34)17-10-19-18(9-13(17)8-15(32)11-31)27-22(28-19)29-20(33)12-3-2-4-14(7-12)23(24,25)26/h2-4,7,9-10,15-16,31-32H,5-6,8,11H2,1H3,(H2,27,28,29,33). The molecule has 1 aromatic heterocycles. The van der Waals surface area contributed by atoms with Gasteiger partial charge in [-0.1, -0.05) is 6.07 Å². The number of aromatic amines is 2. The number of carbonyl (C=O) groups excluding carboxylic acids is 2. The number of halogens is 3. The molecular formula is C23H23F3N4O4. The molecule has 4 rings (SSSR count). The minimum absolute atomic E-state index is 0.0260. The summed E-state index contributed by atoms with van der Waals surface area (Å²) in [5.74, 6) is -1.33. The molecule has 0 bridgehead atoms. The summed E-state index contributed by atoms with van der Waals surface area (Å²) in [5, 5.41) is 19.3. The van der Waals surface area contributed by atoms with E-state index in [4.69, 9.17) is 0 Å². The Morgan fingerprint density at radius 3 is 2.56 bits per heavy atom. The molecule has 1 aliphatic heterocycles. The monoisotopic (exact) mass is 476 g/mol. The van der Waals surface area contributed by atoms with Crippen LogP contribution < -0.4 is 5.62 Å². The van der Waals surface area contributed by atoms with Gasteiger partial charge in [-0.2, -0.15) is 18.2 Å². The predicted molar refractivity (Wildman–Crippen MR) is 116 cm³/mol. The molecule has 0 spiro atoms. The number of nitrogens with zero attached hydrogens (tertiary/aromatic N) is 2. The molecule has 34 heavy (non-hydrogen) atoms. The molecule has 8 nitrogen and oxygen atoms in total. The van der Waals surface area contributed by atoms with Crippen molar-refractivity contribution in [3.05, 3.63) is 64.3 Å². The molecule has 2 atom stereocenters. The van der Waals surface area contributed by atoms with Crippen molar-refractivity contribution in [3.63, 3.8) is 0 Å². The maximum absolute atomic E-state index is 13.0. The average Bonchev–Trinajstić information content (AvgIpc) is 3.34. The Morgan fingerprint density at radius 2 is 1.94 bits per heavy atom. The van der Waals surface area contributed by atoms with Crippen LogP contribution in [0.25, 0.3) is 11.0 Å². The zero-order valence-electron chi connectivity index (χ0n) is 18.2. The summed E-state index contributed by atoms with van der Waals surface area (Å²) in [6.07, 6.45) is -4.89. The fraction of sp³-hybridized carbons (Fsp3) is 0.348. The number of aliphatic hydroxyl groups excluding tert-OH is 2. The number of benzene rings is 2. The van der Waals surface area contributed by atoms with Gasteiger partial charge >= 0.3 is 6.18 Å². The van der Waals surface area contributed by atoms with Crippen LogP contribution in [0.2, 0.25) is 0 Å². The van der Waals surface area contributed by atoms with Gasteiger partial charge in [-0.15, -0.1) is 0 Å². The van der Waals surface area contributed by atoms with E-state index in [-0.39, 0.29) is 23.5 Å². The van der Waals surface area contributed by atoms with Gasteiger partial charge < -0.3 is 25.1 Å². The summed E-state index contributed by atoms with van der Waals surface area (Å²) in [7, 11) is 1.71. The van der Waals surface area contributed by atoms with Crippen molar-refractivity contribution in [3.8, 4) is 0 Å². The van der Waals surface area contributed by atoms with Gasteiger partial charge in [-0.25, -0.2) is 0 Å². The highest BCUT2D eigenvalue weighted by Gasteiger charge is 2.33. The van der Waals surface area contributed by atoms with Gasteiger partial charge in [0.1, 0.15) is 0 Å². The number of aliphatic hydroxyl groups is 2. The SMILES string of the molecule is CN1CCC(c2cc3[nH]/c(=N/C(=O)c4cccc(C(F)(F)F)c4)[nH]c3cc2CC(O)CO)C1=O. The molecule has 0 saturated carbocycles. The van der Waals surface area contributed by atoms with Crippen LogP contribution in [0.3, 0.4) is 0 Å². The van der Waals surface area contributed by atoms with Crippen LogP contribution in [-0.4, -0.2) is 63.2 Å². The van der Waals surface area contributed by atoms with Crippen LogP contribution in [-0.2, 0) is 17.4 Å². The molecule has 4 N–H and O–H groups in total. The first-order chi connectivity index (χ1) is 16.1. The molecule has 1 fully saturated rings. The Morgan fingerprint density at radius 1 is 1.24 bits per heavy atom. The highest BCUT2D eigenvalue weighted by molar-refractivity contribution is 5.95. The molecule has 0 radical (unpaired) electrons. The summed E-state index contributed by atoms with van der Waals surface area (Å²) >= 11 is 0. The van der Waals surface area contributed by atoms with Gasteiger partial charge in [0.2, 0.25) is 11.5 Å². The number of likely N-dealkylation sites (N-methyl/N-ethyl adjacent to an activating group) is 1. The lowest BCUT2D eigenvalue weighted by Crippen LogP contribution is -2.23. The van der Waals surface area contributed by atoms with Gasteiger partial charge in [0.15, 0.2) is 0 Å². The van der Waals surface area contributed by atoms with Gasteiger partial charge in [0.05, 0.1) is 35.2 Å².